The molecule has 0 bridgehead atoms. The molecule has 0 fully saturated rings. The number of carbonyl (C=O) groups is 1. The Morgan fingerprint density at radius 3 is 2.68 bits per heavy atom. The molecule has 2 N–H and O–H groups in total. The second-order valence-electron chi connectivity index (χ2n) is 5.33. The van der Waals surface area contributed by atoms with Crippen LogP contribution in [-0.2, 0) is 4.79 Å². The van der Waals surface area contributed by atoms with Crippen LogP contribution < -0.4 is 15.4 Å². The molecule has 0 unspecified atom stereocenters. The standard InChI is InChI=1S/C17H17N3O4S/c1-11-7-8-12(2)15(9-11)24-10-16(21)19-17(25)18-13-5-3-4-6-14(13)20(22)23/h3-9H,10H2,1-2H3,(H2,18,19,21,25). The summed E-state index contributed by atoms with van der Waals surface area (Å²) in [5.74, 6) is 0.157. The van der Waals surface area contributed by atoms with Gasteiger partial charge in [0.15, 0.2) is 11.7 Å². The van der Waals surface area contributed by atoms with Crippen molar-refractivity contribution in [3.8, 4) is 5.75 Å². The molecule has 1 amide bonds. The van der Waals surface area contributed by atoms with Crippen molar-refractivity contribution in [1.29, 1.82) is 0 Å². The van der Waals surface area contributed by atoms with Gasteiger partial charge in [0.25, 0.3) is 11.6 Å². The predicted octanol–water partition coefficient (Wildman–Crippen LogP) is 3.10. The van der Waals surface area contributed by atoms with Crippen LogP contribution in [0.3, 0.4) is 0 Å². The van der Waals surface area contributed by atoms with Crippen LogP contribution >= 0.6 is 12.2 Å². The zero-order valence-electron chi connectivity index (χ0n) is 13.7. The zero-order chi connectivity index (χ0) is 18.4. The van der Waals surface area contributed by atoms with Crippen molar-refractivity contribution in [2.75, 3.05) is 11.9 Å². The molecule has 0 aliphatic rings. The number of nitro groups is 1. The van der Waals surface area contributed by atoms with E-state index in [0.717, 1.165) is 11.1 Å². The van der Waals surface area contributed by atoms with Crippen molar-refractivity contribution >= 4 is 34.6 Å². The van der Waals surface area contributed by atoms with E-state index in [0.29, 0.717) is 5.75 Å². The maximum atomic E-state index is 11.9. The van der Waals surface area contributed by atoms with E-state index in [1.807, 2.05) is 32.0 Å². The fourth-order valence-electron chi connectivity index (χ4n) is 2.06. The van der Waals surface area contributed by atoms with Gasteiger partial charge < -0.3 is 10.1 Å². The maximum Gasteiger partial charge on any atom is 0.292 e. The molecular formula is C17H17N3O4S. The second kappa shape index (κ2) is 8.20. The molecular weight excluding hydrogens is 342 g/mol. The van der Waals surface area contributed by atoms with Gasteiger partial charge in [0, 0.05) is 6.07 Å². The molecule has 130 valence electrons. The molecule has 0 aromatic heterocycles. The Kier molecular flexibility index (Phi) is 6.02. The molecule has 2 aromatic carbocycles. The lowest BCUT2D eigenvalue weighted by Crippen LogP contribution is -2.37. The smallest absolute Gasteiger partial charge is 0.292 e. The SMILES string of the molecule is Cc1ccc(C)c(OCC(=O)NC(=S)Nc2ccccc2[N+](=O)[O-])c1. The molecule has 0 saturated carbocycles. The number of nitrogens with zero attached hydrogens (tertiary/aromatic N) is 1. The van der Waals surface area contributed by atoms with Crippen LogP contribution in [0.15, 0.2) is 42.5 Å². The van der Waals surface area contributed by atoms with Gasteiger partial charge in [-0.25, -0.2) is 0 Å². The molecule has 0 radical (unpaired) electrons. The van der Waals surface area contributed by atoms with Crippen LogP contribution in [0.1, 0.15) is 11.1 Å². The quantitative estimate of drug-likeness (QED) is 0.484. The molecule has 8 heteroatoms. The average molecular weight is 359 g/mol. The van der Waals surface area contributed by atoms with Gasteiger partial charge in [-0.3, -0.25) is 20.2 Å². The first-order chi connectivity index (χ1) is 11.9. The monoisotopic (exact) mass is 359 g/mol. The van der Waals surface area contributed by atoms with E-state index in [1.165, 1.54) is 12.1 Å². The van der Waals surface area contributed by atoms with Crippen LogP contribution in [0.4, 0.5) is 11.4 Å². The van der Waals surface area contributed by atoms with Gasteiger partial charge in [-0.05, 0) is 49.3 Å². The van der Waals surface area contributed by atoms with Gasteiger partial charge in [-0.2, -0.15) is 0 Å². The first kappa shape index (κ1) is 18.3. The summed E-state index contributed by atoms with van der Waals surface area (Å²) >= 11 is 5.01. The van der Waals surface area contributed by atoms with Gasteiger partial charge in [-0.15, -0.1) is 0 Å². The van der Waals surface area contributed by atoms with E-state index in [-0.39, 0.29) is 23.1 Å². The molecule has 0 aliphatic heterocycles. The molecule has 2 rings (SSSR count). The number of amides is 1. The number of ether oxygens (including phenoxy) is 1. The summed E-state index contributed by atoms with van der Waals surface area (Å²) in [5.41, 5.74) is 2.01. The van der Waals surface area contributed by atoms with Crippen molar-refractivity contribution in [2.24, 2.45) is 0 Å². The van der Waals surface area contributed by atoms with Crippen LogP contribution in [0.2, 0.25) is 0 Å². The second-order valence-corrected chi connectivity index (χ2v) is 5.74. The number of hydrogen-bond acceptors (Lipinski definition) is 5. The number of thiocarbonyl (C=S) groups is 1. The van der Waals surface area contributed by atoms with Crippen molar-refractivity contribution in [2.45, 2.75) is 13.8 Å². The number of aryl methyl sites for hydroxylation is 2. The lowest BCUT2D eigenvalue weighted by Gasteiger charge is -2.12. The Hall–Kier alpha value is -3.00. The van der Waals surface area contributed by atoms with Crippen LogP contribution in [-0.4, -0.2) is 22.5 Å². The van der Waals surface area contributed by atoms with Gasteiger partial charge in [0.1, 0.15) is 11.4 Å². The van der Waals surface area contributed by atoms with E-state index in [4.69, 9.17) is 17.0 Å². The summed E-state index contributed by atoms with van der Waals surface area (Å²) in [5, 5.41) is 16.0. The summed E-state index contributed by atoms with van der Waals surface area (Å²) in [4.78, 5) is 22.4. The molecule has 0 saturated heterocycles. The lowest BCUT2D eigenvalue weighted by atomic mass is 10.1. The van der Waals surface area contributed by atoms with Gasteiger partial charge >= 0.3 is 0 Å². The maximum absolute atomic E-state index is 11.9. The fraction of sp³-hybridized carbons (Fsp3) is 0.176. The fourth-order valence-corrected chi connectivity index (χ4v) is 2.28. The third-order valence-corrected chi connectivity index (χ3v) is 3.51. The molecule has 0 spiro atoms. The minimum atomic E-state index is -0.531. The van der Waals surface area contributed by atoms with Crippen molar-refractivity contribution in [3.63, 3.8) is 0 Å². The topological polar surface area (TPSA) is 93.5 Å². The van der Waals surface area contributed by atoms with E-state index in [2.05, 4.69) is 10.6 Å². The highest BCUT2D eigenvalue weighted by Gasteiger charge is 2.14. The summed E-state index contributed by atoms with van der Waals surface area (Å²) in [6.07, 6.45) is 0. The Morgan fingerprint density at radius 2 is 1.96 bits per heavy atom. The van der Waals surface area contributed by atoms with E-state index in [9.17, 15) is 14.9 Å². The number of hydrogen-bond donors (Lipinski definition) is 2. The molecule has 0 aliphatic carbocycles. The number of rotatable bonds is 5. The van der Waals surface area contributed by atoms with Crippen LogP contribution in [0, 0.1) is 24.0 Å². The van der Waals surface area contributed by atoms with Gasteiger partial charge in [0.2, 0.25) is 0 Å². The Bertz CT molecular complexity index is 823. The van der Waals surface area contributed by atoms with Gasteiger partial charge in [0.05, 0.1) is 4.92 Å². The highest BCUT2D eigenvalue weighted by molar-refractivity contribution is 7.80. The van der Waals surface area contributed by atoms with Crippen LogP contribution in [0.25, 0.3) is 0 Å². The normalized spacial score (nSPS) is 10.0. The van der Waals surface area contributed by atoms with E-state index < -0.39 is 10.8 Å². The first-order valence-electron chi connectivity index (χ1n) is 7.41. The molecule has 25 heavy (non-hydrogen) atoms. The lowest BCUT2D eigenvalue weighted by molar-refractivity contribution is -0.383. The third kappa shape index (κ3) is 5.25. The largest absolute Gasteiger partial charge is 0.483 e. The number of para-hydroxylation sites is 2. The average Bonchev–Trinajstić information content (AvgIpc) is 2.56. The number of anilines is 1. The number of nitrogens with one attached hydrogen (secondary N) is 2. The number of benzene rings is 2. The predicted molar refractivity (Wildman–Crippen MR) is 98.9 cm³/mol. The Balaban J connectivity index is 1.91. The summed E-state index contributed by atoms with van der Waals surface area (Å²) < 4.78 is 5.48. The Labute approximate surface area is 150 Å². The minimum Gasteiger partial charge on any atom is -0.483 e. The molecule has 0 atom stereocenters. The highest BCUT2D eigenvalue weighted by Crippen LogP contribution is 2.23. The molecule has 2 aromatic rings. The van der Waals surface area contributed by atoms with Crippen molar-refractivity contribution in [1.82, 2.24) is 5.32 Å². The first-order valence-corrected chi connectivity index (χ1v) is 7.82. The van der Waals surface area contributed by atoms with E-state index >= 15 is 0 Å². The third-order valence-electron chi connectivity index (χ3n) is 3.30. The summed E-state index contributed by atoms with van der Waals surface area (Å²) in [7, 11) is 0. The summed E-state index contributed by atoms with van der Waals surface area (Å²) in [6.45, 7) is 3.59. The number of carbonyl (C=O) groups excluding carboxylic acids is 1. The van der Waals surface area contributed by atoms with Crippen molar-refractivity contribution < 1.29 is 14.5 Å². The summed E-state index contributed by atoms with van der Waals surface area (Å²) in [6, 6.07) is 11.7. The van der Waals surface area contributed by atoms with Crippen molar-refractivity contribution in [3.05, 3.63) is 63.7 Å². The molecule has 0 heterocycles. The van der Waals surface area contributed by atoms with Crippen LogP contribution in [0.5, 0.6) is 5.75 Å². The zero-order valence-corrected chi connectivity index (χ0v) is 14.6. The Morgan fingerprint density at radius 1 is 1.24 bits per heavy atom. The number of nitro benzene ring substituents is 1. The minimum absolute atomic E-state index is 0.0381. The highest BCUT2D eigenvalue weighted by atomic mass is 32.1. The van der Waals surface area contributed by atoms with Gasteiger partial charge in [-0.1, -0.05) is 24.3 Å². The van der Waals surface area contributed by atoms with E-state index in [1.54, 1.807) is 12.1 Å². The molecule has 7 nitrogen and oxygen atoms in total.